The average Bonchev–Trinajstić information content (AvgIpc) is 3.24. The van der Waals surface area contributed by atoms with Gasteiger partial charge in [0, 0.05) is 6.42 Å². The SMILES string of the molecule is CC\C=C/C=C/C=C/C=C\C=C\C=C\CCCC(CC(=O)NC(CO)C(O)CCCCCCCCCCC)OC(=O)CCCCCCCCC/C=C/CCCCCCCC. The Labute approximate surface area is 370 Å². The molecule has 0 aliphatic carbocycles. The summed E-state index contributed by atoms with van der Waals surface area (Å²) in [6.07, 6.45) is 60.8. The van der Waals surface area contributed by atoms with Crippen LogP contribution in [0.25, 0.3) is 0 Å². The molecular formula is C54H93NO5. The standard InChI is InChI=1S/C54H93NO5/c1-4-7-10-13-16-19-21-23-25-26-28-30-32-35-38-41-44-47-54(59)60-50(45-42-39-36-34-31-29-27-24-22-20-17-14-11-8-5-2)48-53(58)55-51(49-56)52(57)46-43-40-37-33-18-15-12-9-6-3/h8,11,14,17,20,22-25,27,29,31,34,36,50-52,56-57H,4-7,9-10,12-13,15-16,18-19,21,26,28,30,32-33,35,37-49H2,1-3H3,(H,55,58)/b11-8-,17-14+,22-20+,25-23+,27-24-,31-29+,36-34+. The summed E-state index contributed by atoms with van der Waals surface area (Å²) < 4.78 is 5.88. The van der Waals surface area contributed by atoms with Crippen LogP contribution in [0.1, 0.15) is 220 Å². The van der Waals surface area contributed by atoms with Crippen molar-refractivity contribution in [1.82, 2.24) is 5.32 Å². The summed E-state index contributed by atoms with van der Waals surface area (Å²) >= 11 is 0. The molecule has 3 N–H and O–H groups in total. The normalized spacial score (nSPS) is 14.0. The van der Waals surface area contributed by atoms with Gasteiger partial charge in [-0.2, -0.15) is 0 Å². The number of nitrogens with one attached hydrogen (secondary N) is 1. The van der Waals surface area contributed by atoms with Gasteiger partial charge in [-0.1, -0.05) is 228 Å². The Morgan fingerprint density at radius 1 is 0.500 bits per heavy atom. The molecule has 0 aromatic rings. The summed E-state index contributed by atoms with van der Waals surface area (Å²) in [6.45, 7) is 6.28. The lowest BCUT2D eigenvalue weighted by molar-refractivity contribution is -0.151. The molecule has 1 amide bonds. The number of rotatable bonds is 43. The van der Waals surface area contributed by atoms with Crippen molar-refractivity contribution in [3.8, 4) is 0 Å². The number of carbonyl (C=O) groups excluding carboxylic acids is 2. The quantitative estimate of drug-likeness (QED) is 0.0246. The molecule has 0 saturated carbocycles. The predicted octanol–water partition coefficient (Wildman–Crippen LogP) is 14.8. The number of aliphatic hydroxyl groups excluding tert-OH is 2. The highest BCUT2D eigenvalue weighted by Crippen LogP contribution is 2.16. The zero-order chi connectivity index (χ0) is 43.8. The summed E-state index contributed by atoms with van der Waals surface area (Å²) in [4.78, 5) is 26.1. The molecule has 3 atom stereocenters. The Hall–Kier alpha value is -2.96. The third kappa shape index (κ3) is 41.8. The van der Waals surface area contributed by atoms with Gasteiger partial charge in [0.25, 0.3) is 0 Å². The zero-order valence-corrected chi connectivity index (χ0v) is 39.1. The molecule has 6 nitrogen and oxygen atoms in total. The fraction of sp³-hybridized carbons (Fsp3) is 0.704. The van der Waals surface area contributed by atoms with Crippen LogP contribution >= 0.6 is 0 Å². The minimum Gasteiger partial charge on any atom is -0.462 e. The molecule has 3 unspecified atom stereocenters. The Bertz CT molecular complexity index is 1160. The maximum absolute atomic E-state index is 13.1. The smallest absolute Gasteiger partial charge is 0.306 e. The van der Waals surface area contributed by atoms with Gasteiger partial charge in [-0.15, -0.1) is 0 Å². The van der Waals surface area contributed by atoms with Gasteiger partial charge in [0.1, 0.15) is 6.10 Å². The highest BCUT2D eigenvalue weighted by atomic mass is 16.5. The molecule has 0 spiro atoms. The summed E-state index contributed by atoms with van der Waals surface area (Å²) in [5.41, 5.74) is 0. The molecule has 0 heterocycles. The van der Waals surface area contributed by atoms with Crippen LogP contribution in [-0.4, -0.2) is 46.9 Å². The van der Waals surface area contributed by atoms with Crippen molar-refractivity contribution in [2.24, 2.45) is 0 Å². The van der Waals surface area contributed by atoms with E-state index in [9.17, 15) is 19.8 Å². The number of hydrogen-bond acceptors (Lipinski definition) is 5. The molecule has 0 aromatic carbocycles. The molecule has 0 saturated heterocycles. The molecule has 6 heteroatoms. The molecule has 0 fully saturated rings. The van der Waals surface area contributed by atoms with E-state index in [0.717, 1.165) is 57.8 Å². The van der Waals surface area contributed by atoms with E-state index in [0.29, 0.717) is 19.3 Å². The maximum Gasteiger partial charge on any atom is 0.306 e. The maximum atomic E-state index is 13.1. The predicted molar refractivity (Wildman–Crippen MR) is 259 cm³/mol. The number of ether oxygens (including phenoxy) is 1. The molecule has 0 radical (unpaired) electrons. The number of hydrogen-bond donors (Lipinski definition) is 3. The molecule has 0 aliphatic heterocycles. The second kappa shape index (κ2) is 47.1. The topological polar surface area (TPSA) is 95.9 Å². The minimum absolute atomic E-state index is 0.0211. The zero-order valence-electron chi connectivity index (χ0n) is 39.1. The fourth-order valence-corrected chi connectivity index (χ4v) is 7.11. The lowest BCUT2D eigenvalue weighted by atomic mass is 10.0. The Kier molecular flexibility index (Phi) is 44.8. The Morgan fingerprint density at radius 2 is 0.933 bits per heavy atom. The van der Waals surface area contributed by atoms with Crippen molar-refractivity contribution >= 4 is 11.9 Å². The number of unbranched alkanes of at least 4 members (excludes halogenated alkanes) is 22. The molecular weight excluding hydrogens is 743 g/mol. The van der Waals surface area contributed by atoms with Gasteiger partial charge in [0.05, 0.1) is 25.2 Å². The highest BCUT2D eigenvalue weighted by molar-refractivity contribution is 5.77. The van der Waals surface area contributed by atoms with E-state index in [2.05, 4.69) is 50.4 Å². The number of aliphatic hydroxyl groups is 2. The number of amides is 1. The molecule has 0 bridgehead atoms. The van der Waals surface area contributed by atoms with Gasteiger partial charge < -0.3 is 20.3 Å². The second-order valence-electron chi connectivity index (χ2n) is 16.6. The van der Waals surface area contributed by atoms with Crippen molar-refractivity contribution in [3.63, 3.8) is 0 Å². The summed E-state index contributed by atoms with van der Waals surface area (Å²) in [7, 11) is 0. The third-order valence-corrected chi connectivity index (χ3v) is 10.9. The number of esters is 1. The van der Waals surface area contributed by atoms with E-state index in [-0.39, 0.29) is 24.9 Å². The van der Waals surface area contributed by atoms with E-state index in [1.165, 1.54) is 116 Å². The van der Waals surface area contributed by atoms with Crippen LogP contribution in [0, 0.1) is 0 Å². The van der Waals surface area contributed by atoms with Gasteiger partial charge in [0.2, 0.25) is 5.91 Å². The van der Waals surface area contributed by atoms with Crippen molar-refractivity contribution in [3.05, 3.63) is 85.1 Å². The number of carbonyl (C=O) groups is 2. The van der Waals surface area contributed by atoms with Crippen LogP contribution in [0.3, 0.4) is 0 Å². The van der Waals surface area contributed by atoms with Crippen LogP contribution in [0.4, 0.5) is 0 Å². The van der Waals surface area contributed by atoms with Crippen molar-refractivity contribution in [1.29, 1.82) is 0 Å². The van der Waals surface area contributed by atoms with E-state index in [1.807, 2.05) is 60.8 Å². The average molecular weight is 836 g/mol. The van der Waals surface area contributed by atoms with E-state index < -0.39 is 18.2 Å². The summed E-state index contributed by atoms with van der Waals surface area (Å²) in [5, 5.41) is 23.6. The van der Waals surface area contributed by atoms with Crippen molar-refractivity contribution < 1.29 is 24.5 Å². The van der Waals surface area contributed by atoms with Crippen LogP contribution in [-0.2, 0) is 14.3 Å². The van der Waals surface area contributed by atoms with E-state index >= 15 is 0 Å². The second-order valence-corrected chi connectivity index (χ2v) is 16.6. The third-order valence-electron chi connectivity index (χ3n) is 10.9. The first-order chi connectivity index (χ1) is 29.5. The van der Waals surface area contributed by atoms with Crippen molar-refractivity contribution in [2.45, 2.75) is 238 Å². The lowest BCUT2D eigenvalue weighted by Gasteiger charge is -2.24. The monoisotopic (exact) mass is 836 g/mol. The van der Waals surface area contributed by atoms with Crippen LogP contribution in [0.5, 0.6) is 0 Å². The van der Waals surface area contributed by atoms with Gasteiger partial charge in [-0.25, -0.2) is 0 Å². The van der Waals surface area contributed by atoms with Crippen molar-refractivity contribution in [2.75, 3.05) is 6.61 Å². The van der Waals surface area contributed by atoms with E-state index in [1.54, 1.807) is 0 Å². The molecule has 0 aliphatic rings. The van der Waals surface area contributed by atoms with Gasteiger partial charge >= 0.3 is 5.97 Å². The molecule has 344 valence electrons. The summed E-state index contributed by atoms with van der Waals surface area (Å²) in [5.74, 6) is -0.560. The van der Waals surface area contributed by atoms with Crippen LogP contribution in [0.2, 0.25) is 0 Å². The molecule has 60 heavy (non-hydrogen) atoms. The van der Waals surface area contributed by atoms with Gasteiger partial charge in [-0.3, -0.25) is 9.59 Å². The fourth-order valence-electron chi connectivity index (χ4n) is 7.11. The molecule has 0 rings (SSSR count). The molecule has 0 aromatic heterocycles. The minimum atomic E-state index is -0.810. The largest absolute Gasteiger partial charge is 0.462 e. The highest BCUT2D eigenvalue weighted by Gasteiger charge is 2.24. The Morgan fingerprint density at radius 3 is 1.43 bits per heavy atom. The summed E-state index contributed by atoms with van der Waals surface area (Å²) in [6, 6.07) is -0.729. The van der Waals surface area contributed by atoms with Gasteiger partial charge in [0.15, 0.2) is 0 Å². The first-order valence-electron chi connectivity index (χ1n) is 24.9. The lowest BCUT2D eigenvalue weighted by Crippen LogP contribution is -2.46. The van der Waals surface area contributed by atoms with Gasteiger partial charge in [-0.05, 0) is 64.2 Å². The van der Waals surface area contributed by atoms with Crippen LogP contribution < -0.4 is 5.32 Å². The van der Waals surface area contributed by atoms with Crippen LogP contribution in [0.15, 0.2) is 85.1 Å². The first-order valence-corrected chi connectivity index (χ1v) is 24.9. The van der Waals surface area contributed by atoms with E-state index in [4.69, 9.17) is 4.74 Å². The Balaban J connectivity index is 4.72. The first kappa shape index (κ1) is 57.0. The number of allylic oxidation sites excluding steroid dienone is 14.